The number of pyridine rings is 1. The van der Waals surface area contributed by atoms with Crippen LogP contribution in [0.1, 0.15) is 11.4 Å². The molecule has 0 aliphatic heterocycles. The number of nitrogens with zero attached hydrogens (tertiary/aromatic N) is 3. The molecule has 0 radical (unpaired) electrons. The fourth-order valence-electron chi connectivity index (χ4n) is 1.17. The average molecular weight is 190 g/mol. The Morgan fingerprint density at radius 3 is 2.86 bits per heavy atom. The number of aryl methyl sites for hydroxylation is 1. The highest BCUT2D eigenvalue weighted by molar-refractivity contribution is 5.59. The van der Waals surface area contributed by atoms with E-state index in [1.54, 1.807) is 6.20 Å². The first-order valence-corrected chi connectivity index (χ1v) is 4.26. The normalized spacial score (nSPS) is 10.4. The van der Waals surface area contributed by atoms with Crippen LogP contribution in [0.25, 0.3) is 11.3 Å². The van der Waals surface area contributed by atoms with Crippen LogP contribution in [0.2, 0.25) is 0 Å². The predicted molar refractivity (Wildman–Crippen MR) is 50.2 cm³/mol. The first kappa shape index (κ1) is 8.83. The van der Waals surface area contributed by atoms with Crippen molar-refractivity contribution in [2.75, 3.05) is 0 Å². The minimum atomic E-state index is 0.312. The lowest BCUT2D eigenvalue weighted by atomic mass is 10.1. The standard InChI is InChI=1S/C9H10N4O/c1-6-2-3-7(5-11-6)9-8(4-10)12-14-13-9/h2-3,5H,4,10H2,1H3. The van der Waals surface area contributed by atoms with Crippen LogP contribution in [-0.2, 0) is 6.54 Å². The second-order valence-corrected chi connectivity index (χ2v) is 2.95. The third kappa shape index (κ3) is 1.49. The summed E-state index contributed by atoms with van der Waals surface area (Å²) in [4.78, 5) is 4.16. The SMILES string of the molecule is Cc1ccc(-c2nonc2CN)cn1. The topological polar surface area (TPSA) is 77.8 Å². The van der Waals surface area contributed by atoms with E-state index in [-0.39, 0.29) is 0 Å². The summed E-state index contributed by atoms with van der Waals surface area (Å²) >= 11 is 0. The Morgan fingerprint density at radius 2 is 2.21 bits per heavy atom. The van der Waals surface area contributed by atoms with Crippen LogP contribution in [-0.4, -0.2) is 15.3 Å². The van der Waals surface area contributed by atoms with E-state index in [4.69, 9.17) is 5.73 Å². The molecule has 0 aliphatic carbocycles. The van der Waals surface area contributed by atoms with Gasteiger partial charge in [-0.05, 0) is 24.2 Å². The lowest BCUT2D eigenvalue weighted by molar-refractivity contribution is 0.304. The minimum absolute atomic E-state index is 0.312. The number of nitrogens with two attached hydrogens (primary N) is 1. The second kappa shape index (κ2) is 3.55. The molecular formula is C9H10N4O. The largest absolute Gasteiger partial charge is 0.325 e. The summed E-state index contributed by atoms with van der Waals surface area (Å²) in [5, 5.41) is 7.48. The highest BCUT2D eigenvalue weighted by Crippen LogP contribution is 2.18. The van der Waals surface area contributed by atoms with Gasteiger partial charge < -0.3 is 5.73 Å². The molecule has 2 heterocycles. The fraction of sp³-hybridized carbons (Fsp3) is 0.222. The zero-order valence-corrected chi connectivity index (χ0v) is 7.77. The Kier molecular flexibility index (Phi) is 2.24. The van der Waals surface area contributed by atoms with Gasteiger partial charge in [-0.25, -0.2) is 4.63 Å². The van der Waals surface area contributed by atoms with Gasteiger partial charge in [0.05, 0.1) is 0 Å². The van der Waals surface area contributed by atoms with Crippen molar-refractivity contribution in [2.24, 2.45) is 5.73 Å². The van der Waals surface area contributed by atoms with E-state index in [0.717, 1.165) is 11.3 Å². The van der Waals surface area contributed by atoms with E-state index >= 15 is 0 Å². The van der Waals surface area contributed by atoms with Gasteiger partial charge in [0.1, 0.15) is 11.4 Å². The van der Waals surface area contributed by atoms with Crippen molar-refractivity contribution < 1.29 is 4.63 Å². The summed E-state index contributed by atoms with van der Waals surface area (Å²) < 4.78 is 4.61. The van der Waals surface area contributed by atoms with Crippen molar-refractivity contribution in [3.8, 4) is 11.3 Å². The lowest BCUT2D eigenvalue weighted by Crippen LogP contribution is -1.98. The van der Waals surface area contributed by atoms with Crippen LogP contribution >= 0.6 is 0 Å². The van der Waals surface area contributed by atoms with Crippen molar-refractivity contribution >= 4 is 0 Å². The summed E-state index contributed by atoms with van der Waals surface area (Å²) in [6.07, 6.45) is 1.73. The number of aromatic nitrogens is 3. The summed E-state index contributed by atoms with van der Waals surface area (Å²) in [7, 11) is 0. The molecule has 0 atom stereocenters. The van der Waals surface area contributed by atoms with Crippen LogP contribution in [0.3, 0.4) is 0 Å². The molecule has 0 saturated carbocycles. The van der Waals surface area contributed by atoms with Gasteiger partial charge in [-0.1, -0.05) is 5.16 Å². The van der Waals surface area contributed by atoms with Gasteiger partial charge in [-0.15, -0.1) is 0 Å². The van der Waals surface area contributed by atoms with Crippen LogP contribution in [0, 0.1) is 6.92 Å². The molecule has 5 heteroatoms. The van der Waals surface area contributed by atoms with Crippen LogP contribution in [0.5, 0.6) is 0 Å². The van der Waals surface area contributed by atoms with Gasteiger partial charge >= 0.3 is 0 Å². The first-order valence-electron chi connectivity index (χ1n) is 4.26. The molecule has 72 valence electrons. The van der Waals surface area contributed by atoms with E-state index in [0.29, 0.717) is 17.9 Å². The molecule has 2 aromatic rings. The van der Waals surface area contributed by atoms with E-state index in [1.807, 2.05) is 19.1 Å². The molecule has 14 heavy (non-hydrogen) atoms. The molecule has 5 nitrogen and oxygen atoms in total. The molecule has 2 rings (SSSR count). The maximum atomic E-state index is 5.48. The summed E-state index contributed by atoms with van der Waals surface area (Å²) in [5.41, 5.74) is 8.63. The first-order chi connectivity index (χ1) is 6.81. The quantitative estimate of drug-likeness (QED) is 0.761. The molecule has 2 aromatic heterocycles. The Morgan fingerprint density at radius 1 is 1.36 bits per heavy atom. The highest BCUT2D eigenvalue weighted by atomic mass is 16.6. The van der Waals surface area contributed by atoms with E-state index in [1.165, 1.54) is 0 Å². The van der Waals surface area contributed by atoms with E-state index in [2.05, 4.69) is 19.9 Å². The van der Waals surface area contributed by atoms with Crippen molar-refractivity contribution in [2.45, 2.75) is 13.5 Å². The Balaban J connectivity index is 2.44. The zero-order valence-electron chi connectivity index (χ0n) is 7.77. The summed E-state index contributed by atoms with van der Waals surface area (Å²) in [6, 6.07) is 3.82. The Hall–Kier alpha value is -1.75. The molecule has 0 fully saturated rings. The van der Waals surface area contributed by atoms with Gasteiger partial charge in [0, 0.05) is 24.0 Å². The molecule has 0 aromatic carbocycles. The van der Waals surface area contributed by atoms with Gasteiger partial charge in [0.15, 0.2) is 0 Å². The van der Waals surface area contributed by atoms with Crippen molar-refractivity contribution in [3.05, 3.63) is 29.7 Å². The number of hydrogen-bond acceptors (Lipinski definition) is 5. The van der Waals surface area contributed by atoms with E-state index < -0.39 is 0 Å². The number of hydrogen-bond donors (Lipinski definition) is 1. The Bertz CT molecular complexity index is 421. The molecular weight excluding hydrogens is 180 g/mol. The van der Waals surface area contributed by atoms with E-state index in [9.17, 15) is 0 Å². The third-order valence-electron chi connectivity index (χ3n) is 1.93. The summed E-state index contributed by atoms with van der Waals surface area (Å²) in [5.74, 6) is 0. The predicted octanol–water partition coefficient (Wildman–Crippen LogP) is 0.899. The zero-order chi connectivity index (χ0) is 9.97. The van der Waals surface area contributed by atoms with Crippen molar-refractivity contribution in [1.29, 1.82) is 0 Å². The van der Waals surface area contributed by atoms with Crippen LogP contribution in [0.15, 0.2) is 23.0 Å². The second-order valence-electron chi connectivity index (χ2n) is 2.95. The Labute approximate surface area is 80.9 Å². The maximum Gasteiger partial charge on any atom is 0.141 e. The van der Waals surface area contributed by atoms with Crippen molar-refractivity contribution in [3.63, 3.8) is 0 Å². The molecule has 0 saturated heterocycles. The fourth-order valence-corrected chi connectivity index (χ4v) is 1.17. The smallest absolute Gasteiger partial charge is 0.141 e. The van der Waals surface area contributed by atoms with Crippen LogP contribution in [0.4, 0.5) is 0 Å². The number of rotatable bonds is 2. The lowest BCUT2D eigenvalue weighted by Gasteiger charge is -1.96. The average Bonchev–Trinajstić information content (AvgIpc) is 2.67. The molecule has 0 amide bonds. The maximum absolute atomic E-state index is 5.48. The molecule has 0 unspecified atom stereocenters. The molecule has 0 bridgehead atoms. The van der Waals surface area contributed by atoms with Crippen molar-refractivity contribution in [1.82, 2.24) is 15.3 Å². The molecule has 0 aliphatic rings. The third-order valence-corrected chi connectivity index (χ3v) is 1.93. The molecule has 0 spiro atoms. The molecule has 2 N–H and O–H groups in total. The monoisotopic (exact) mass is 190 g/mol. The van der Waals surface area contributed by atoms with Gasteiger partial charge in [-0.2, -0.15) is 0 Å². The minimum Gasteiger partial charge on any atom is -0.325 e. The van der Waals surface area contributed by atoms with Gasteiger partial charge in [-0.3, -0.25) is 4.98 Å². The van der Waals surface area contributed by atoms with Gasteiger partial charge in [0.25, 0.3) is 0 Å². The van der Waals surface area contributed by atoms with Gasteiger partial charge in [0.2, 0.25) is 0 Å². The highest BCUT2D eigenvalue weighted by Gasteiger charge is 2.10. The van der Waals surface area contributed by atoms with Crippen LogP contribution < -0.4 is 5.73 Å². The summed E-state index contributed by atoms with van der Waals surface area (Å²) in [6.45, 7) is 2.24.